The van der Waals surface area contributed by atoms with Crippen LogP contribution >= 0.6 is 23.2 Å². The molecule has 3 aromatic rings. The van der Waals surface area contributed by atoms with Gasteiger partial charge in [-0.2, -0.15) is 0 Å². The van der Waals surface area contributed by atoms with Crippen molar-refractivity contribution in [2.45, 2.75) is 0 Å². The van der Waals surface area contributed by atoms with E-state index >= 15 is 0 Å². The molecule has 0 saturated carbocycles. The van der Waals surface area contributed by atoms with Crippen LogP contribution in [-0.4, -0.2) is 32.5 Å². The fraction of sp³-hybridized carbons (Fsp3) is 0.211. The summed E-state index contributed by atoms with van der Waals surface area (Å²) in [6.45, 7) is 0.568. The van der Waals surface area contributed by atoms with E-state index in [-0.39, 0.29) is 40.6 Å². The van der Waals surface area contributed by atoms with Crippen molar-refractivity contribution in [1.29, 1.82) is 0 Å². The molecule has 2 aromatic carbocycles. The maximum absolute atomic E-state index is 12.6. The largest absolute Gasteiger partial charge is 0.507 e. The van der Waals surface area contributed by atoms with Crippen LogP contribution in [0, 0.1) is 0 Å². The molecule has 6 nitrogen and oxygen atoms in total. The van der Waals surface area contributed by atoms with Crippen molar-refractivity contribution >= 4 is 34.2 Å². The Labute approximate surface area is 164 Å². The molecular formula is C19H16Cl2O6. The van der Waals surface area contributed by atoms with Gasteiger partial charge in [-0.15, -0.1) is 0 Å². The Bertz CT molecular complexity index is 1020. The van der Waals surface area contributed by atoms with Crippen LogP contribution in [0.1, 0.15) is 0 Å². The standard InChI is InChI=1S/C19H16Cl2O6/c1-24-3-4-26-16-9-14(23)17-13(22)8-15(27-19(17)18(16)25-2)10-5-11(20)7-12(21)6-10/h5-9,23H,3-4H2,1-2H3. The Balaban J connectivity index is 2.23. The SMILES string of the molecule is COCCOc1cc(O)c2c(=O)cc(-c3cc(Cl)cc(Cl)c3)oc2c1OC. The zero-order valence-corrected chi connectivity index (χ0v) is 16.1. The predicted molar refractivity (Wildman–Crippen MR) is 104 cm³/mol. The molecule has 0 aliphatic rings. The quantitative estimate of drug-likeness (QED) is 0.602. The molecule has 8 heteroatoms. The Morgan fingerprint density at radius 1 is 1.04 bits per heavy atom. The van der Waals surface area contributed by atoms with Crippen LogP contribution in [0.5, 0.6) is 17.2 Å². The minimum atomic E-state index is -0.443. The summed E-state index contributed by atoms with van der Waals surface area (Å²) < 4.78 is 21.8. The summed E-state index contributed by atoms with van der Waals surface area (Å²) in [5, 5.41) is 11.1. The van der Waals surface area contributed by atoms with Crippen molar-refractivity contribution in [2.24, 2.45) is 0 Å². The molecule has 27 heavy (non-hydrogen) atoms. The average Bonchev–Trinajstić information content (AvgIpc) is 2.60. The lowest BCUT2D eigenvalue weighted by molar-refractivity contribution is 0.144. The molecule has 0 amide bonds. The molecule has 0 spiro atoms. The molecular weight excluding hydrogens is 395 g/mol. The van der Waals surface area contributed by atoms with Crippen LogP contribution in [0.4, 0.5) is 0 Å². The van der Waals surface area contributed by atoms with E-state index in [1.807, 2.05) is 0 Å². The molecule has 0 bridgehead atoms. The zero-order chi connectivity index (χ0) is 19.6. The van der Waals surface area contributed by atoms with Gasteiger partial charge in [-0.1, -0.05) is 23.2 Å². The summed E-state index contributed by atoms with van der Waals surface area (Å²) in [6, 6.07) is 7.37. The maximum Gasteiger partial charge on any atom is 0.205 e. The number of hydrogen-bond acceptors (Lipinski definition) is 6. The Kier molecular flexibility index (Phi) is 5.79. The lowest BCUT2D eigenvalue weighted by Crippen LogP contribution is -2.07. The third-order valence-electron chi connectivity index (χ3n) is 3.80. The maximum atomic E-state index is 12.6. The number of fused-ring (bicyclic) bond motifs is 1. The van der Waals surface area contributed by atoms with Crippen molar-refractivity contribution in [3.63, 3.8) is 0 Å². The van der Waals surface area contributed by atoms with Gasteiger partial charge in [0.2, 0.25) is 5.75 Å². The van der Waals surface area contributed by atoms with E-state index in [9.17, 15) is 9.90 Å². The van der Waals surface area contributed by atoms with Gasteiger partial charge in [-0.3, -0.25) is 4.79 Å². The summed E-state index contributed by atoms with van der Waals surface area (Å²) in [7, 11) is 2.96. The number of hydrogen-bond donors (Lipinski definition) is 1. The Morgan fingerprint density at radius 3 is 2.37 bits per heavy atom. The number of phenols is 1. The van der Waals surface area contributed by atoms with Crippen LogP contribution < -0.4 is 14.9 Å². The highest BCUT2D eigenvalue weighted by atomic mass is 35.5. The normalized spacial score (nSPS) is 11.0. The third-order valence-corrected chi connectivity index (χ3v) is 4.23. The first-order valence-corrected chi connectivity index (χ1v) is 8.66. The van der Waals surface area contributed by atoms with Gasteiger partial charge >= 0.3 is 0 Å². The molecule has 3 rings (SSSR count). The minimum Gasteiger partial charge on any atom is -0.507 e. The highest BCUT2D eigenvalue weighted by molar-refractivity contribution is 6.35. The van der Waals surface area contributed by atoms with Crippen molar-refractivity contribution in [3.05, 3.63) is 50.6 Å². The van der Waals surface area contributed by atoms with E-state index < -0.39 is 5.43 Å². The smallest absolute Gasteiger partial charge is 0.205 e. The van der Waals surface area contributed by atoms with Crippen molar-refractivity contribution in [1.82, 2.24) is 0 Å². The monoisotopic (exact) mass is 410 g/mol. The van der Waals surface area contributed by atoms with E-state index in [0.717, 1.165) is 0 Å². The van der Waals surface area contributed by atoms with Crippen molar-refractivity contribution in [3.8, 4) is 28.6 Å². The molecule has 0 saturated heterocycles. The Morgan fingerprint density at radius 2 is 1.74 bits per heavy atom. The van der Waals surface area contributed by atoms with Gasteiger partial charge in [0.1, 0.15) is 23.5 Å². The molecule has 142 valence electrons. The topological polar surface area (TPSA) is 78.1 Å². The Hall–Kier alpha value is -2.41. The van der Waals surface area contributed by atoms with Crippen molar-refractivity contribution < 1.29 is 23.7 Å². The van der Waals surface area contributed by atoms with Gasteiger partial charge in [0.15, 0.2) is 16.8 Å². The van der Waals surface area contributed by atoms with Gasteiger partial charge in [0.25, 0.3) is 0 Å². The second-order valence-electron chi connectivity index (χ2n) is 5.61. The number of ether oxygens (including phenoxy) is 3. The second-order valence-corrected chi connectivity index (χ2v) is 6.48. The van der Waals surface area contributed by atoms with E-state index in [1.165, 1.54) is 19.2 Å². The van der Waals surface area contributed by atoms with Crippen molar-refractivity contribution in [2.75, 3.05) is 27.4 Å². The molecule has 1 aromatic heterocycles. The predicted octanol–water partition coefficient (Wildman–Crippen LogP) is 4.51. The average molecular weight is 411 g/mol. The van der Waals surface area contributed by atoms with E-state index in [1.54, 1.807) is 25.3 Å². The fourth-order valence-electron chi connectivity index (χ4n) is 2.64. The lowest BCUT2D eigenvalue weighted by Gasteiger charge is -2.14. The number of aromatic hydroxyl groups is 1. The summed E-state index contributed by atoms with van der Waals surface area (Å²) in [6.07, 6.45) is 0. The highest BCUT2D eigenvalue weighted by Gasteiger charge is 2.20. The summed E-state index contributed by atoms with van der Waals surface area (Å²) >= 11 is 12.1. The van der Waals surface area contributed by atoms with Gasteiger partial charge in [-0.25, -0.2) is 0 Å². The number of benzene rings is 2. The first kappa shape index (κ1) is 19.4. The van der Waals surface area contributed by atoms with Gasteiger partial charge in [0.05, 0.1) is 13.7 Å². The molecule has 1 N–H and O–H groups in total. The first-order valence-electron chi connectivity index (χ1n) is 7.90. The second kappa shape index (κ2) is 8.08. The van der Waals surface area contributed by atoms with Crippen LogP contribution in [-0.2, 0) is 4.74 Å². The fourth-order valence-corrected chi connectivity index (χ4v) is 3.17. The molecule has 0 aliphatic heterocycles. The third kappa shape index (κ3) is 3.98. The number of methoxy groups -OCH3 is 2. The molecule has 0 atom stereocenters. The van der Waals surface area contributed by atoms with E-state index in [0.29, 0.717) is 22.2 Å². The summed E-state index contributed by atoms with van der Waals surface area (Å²) in [5.41, 5.74) is 0.129. The van der Waals surface area contributed by atoms with E-state index in [2.05, 4.69) is 0 Å². The molecule has 0 aliphatic carbocycles. The number of rotatable bonds is 6. The minimum absolute atomic E-state index is 0.0113. The van der Waals surface area contributed by atoms with Crippen LogP contribution in [0.3, 0.4) is 0 Å². The van der Waals surface area contributed by atoms with Crippen LogP contribution in [0.25, 0.3) is 22.3 Å². The summed E-state index contributed by atoms with van der Waals surface area (Å²) in [5.74, 6) is 0.362. The zero-order valence-electron chi connectivity index (χ0n) is 14.5. The summed E-state index contributed by atoms with van der Waals surface area (Å²) in [4.78, 5) is 12.6. The molecule has 0 radical (unpaired) electrons. The van der Waals surface area contributed by atoms with Gasteiger partial charge < -0.3 is 23.7 Å². The van der Waals surface area contributed by atoms with Crippen LogP contribution in [0.15, 0.2) is 39.5 Å². The molecule has 0 unspecified atom stereocenters. The van der Waals surface area contributed by atoms with Crippen LogP contribution in [0.2, 0.25) is 10.0 Å². The lowest BCUT2D eigenvalue weighted by atomic mass is 10.1. The van der Waals surface area contributed by atoms with Gasteiger partial charge in [0, 0.05) is 34.9 Å². The number of halogens is 2. The molecule has 0 fully saturated rings. The van der Waals surface area contributed by atoms with Gasteiger partial charge in [-0.05, 0) is 18.2 Å². The van der Waals surface area contributed by atoms with E-state index in [4.69, 9.17) is 41.8 Å². The number of phenolic OH excluding ortho intramolecular Hbond substituents is 1. The first-order chi connectivity index (χ1) is 12.9. The highest BCUT2D eigenvalue weighted by Crippen LogP contribution is 2.41. The molecule has 1 heterocycles.